The van der Waals surface area contributed by atoms with Crippen molar-refractivity contribution in [2.45, 2.75) is 18.9 Å². The molecule has 2 aromatic heterocycles. The molecule has 0 spiro atoms. The first-order valence-corrected chi connectivity index (χ1v) is 9.91. The van der Waals surface area contributed by atoms with Crippen molar-refractivity contribution in [1.29, 1.82) is 0 Å². The highest BCUT2D eigenvalue weighted by atomic mass is 16.5. The van der Waals surface area contributed by atoms with E-state index < -0.39 is 0 Å². The smallest absolute Gasteiger partial charge is 0.259 e. The largest absolute Gasteiger partial charge is 0.480 e. The second-order valence-corrected chi connectivity index (χ2v) is 7.41. The van der Waals surface area contributed by atoms with E-state index in [-0.39, 0.29) is 17.9 Å². The van der Waals surface area contributed by atoms with Crippen LogP contribution in [-0.2, 0) is 11.8 Å². The molecule has 9 nitrogen and oxygen atoms in total. The van der Waals surface area contributed by atoms with Crippen LogP contribution in [0.15, 0.2) is 30.7 Å². The number of piperidine rings is 1. The minimum absolute atomic E-state index is 0.0819. The summed E-state index contributed by atoms with van der Waals surface area (Å²) in [6.07, 6.45) is 7.02. The molecule has 2 amide bonds. The number of hydrogen-bond acceptors (Lipinski definition) is 6. The lowest BCUT2D eigenvalue weighted by Crippen LogP contribution is -2.58. The maximum absolute atomic E-state index is 13.1. The molecule has 2 aliphatic rings. The fourth-order valence-corrected chi connectivity index (χ4v) is 4.12. The lowest BCUT2D eigenvalue weighted by Gasteiger charge is -2.42. The third kappa shape index (κ3) is 3.82. The highest BCUT2D eigenvalue weighted by Gasteiger charge is 2.36. The molecule has 0 aromatic carbocycles. The van der Waals surface area contributed by atoms with Gasteiger partial charge in [-0.2, -0.15) is 5.10 Å². The first-order chi connectivity index (χ1) is 14.1. The fraction of sp³-hybridized carbons (Fsp3) is 0.500. The van der Waals surface area contributed by atoms with Gasteiger partial charge >= 0.3 is 0 Å². The number of amides is 2. The quantitative estimate of drug-likeness (QED) is 0.757. The molecule has 4 heterocycles. The molecule has 0 bridgehead atoms. The van der Waals surface area contributed by atoms with Crippen molar-refractivity contribution >= 4 is 17.5 Å². The van der Waals surface area contributed by atoms with E-state index in [0.717, 1.165) is 25.1 Å². The number of anilines is 1. The summed E-state index contributed by atoms with van der Waals surface area (Å²) in [4.78, 5) is 35.9. The summed E-state index contributed by atoms with van der Waals surface area (Å²) >= 11 is 0. The Morgan fingerprint density at radius 2 is 2.00 bits per heavy atom. The van der Waals surface area contributed by atoms with Gasteiger partial charge in [-0.3, -0.25) is 19.2 Å². The zero-order chi connectivity index (χ0) is 20.4. The highest BCUT2D eigenvalue weighted by Crippen LogP contribution is 2.25. The van der Waals surface area contributed by atoms with Crippen LogP contribution >= 0.6 is 0 Å². The number of carbonyl (C=O) groups is 2. The second kappa shape index (κ2) is 8.20. The molecule has 154 valence electrons. The van der Waals surface area contributed by atoms with Crippen molar-refractivity contribution in [3.8, 4) is 5.88 Å². The molecule has 0 unspecified atom stereocenters. The summed E-state index contributed by atoms with van der Waals surface area (Å²) in [6.45, 7) is 3.22. The molecule has 0 radical (unpaired) electrons. The van der Waals surface area contributed by atoms with E-state index >= 15 is 0 Å². The molecule has 29 heavy (non-hydrogen) atoms. The number of aromatic nitrogens is 3. The van der Waals surface area contributed by atoms with E-state index in [1.807, 2.05) is 23.0 Å². The van der Waals surface area contributed by atoms with Gasteiger partial charge in [0, 0.05) is 52.2 Å². The van der Waals surface area contributed by atoms with Crippen LogP contribution in [0.2, 0.25) is 0 Å². The van der Waals surface area contributed by atoms with Crippen molar-refractivity contribution in [1.82, 2.24) is 24.6 Å². The van der Waals surface area contributed by atoms with Crippen LogP contribution < -0.4 is 9.64 Å². The molecule has 2 aromatic rings. The Morgan fingerprint density at radius 1 is 1.21 bits per heavy atom. The van der Waals surface area contributed by atoms with Gasteiger partial charge in [-0.15, -0.1) is 0 Å². The van der Waals surface area contributed by atoms with Crippen LogP contribution in [0, 0.1) is 0 Å². The summed E-state index contributed by atoms with van der Waals surface area (Å²) in [7, 11) is 3.36. The Hall–Kier alpha value is -2.94. The van der Waals surface area contributed by atoms with Gasteiger partial charge in [0.15, 0.2) is 0 Å². The molecule has 2 saturated heterocycles. The molecule has 0 aliphatic carbocycles. The van der Waals surface area contributed by atoms with Crippen LogP contribution in [0.3, 0.4) is 0 Å². The third-order valence-electron chi connectivity index (χ3n) is 5.65. The van der Waals surface area contributed by atoms with Gasteiger partial charge in [0.25, 0.3) is 5.91 Å². The highest BCUT2D eigenvalue weighted by molar-refractivity contribution is 5.98. The van der Waals surface area contributed by atoms with E-state index in [1.54, 1.807) is 29.2 Å². The normalized spacial score (nSPS) is 20.8. The summed E-state index contributed by atoms with van der Waals surface area (Å²) < 4.78 is 6.93. The second-order valence-electron chi connectivity index (χ2n) is 7.41. The Kier molecular flexibility index (Phi) is 5.48. The molecule has 4 rings (SSSR count). The van der Waals surface area contributed by atoms with Gasteiger partial charge in [0.05, 0.1) is 25.0 Å². The van der Waals surface area contributed by atoms with Gasteiger partial charge in [0.1, 0.15) is 5.56 Å². The van der Waals surface area contributed by atoms with E-state index in [0.29, 0.717) is 37.6 Å². The van der Waals surface area contributed by atoms with E-state index in [1.165, 1.54) is 7.11 Å². The number of hydrogen-bond donors (Lipinski definition) is 0. The monoisotopic (exact) mass is 398 g/mol. The summed E-state index contributed by atoms with van der Waals surface area (Å²) in [5.74, 6) is 0.383. The number of carbonyl (C=O) groups excluding carboxylic acids is 2. The summed E-state index contributed by atoms with van der Waals surface area (Å²) in [5, 5.41) is 4.19. The Bertz CT molecular complexity index is 890. The number of methoxy groups -OCH3 is 1. The molecule has 2 fully saturated rings. The number of ether oxygens (including phenoxy) is 1. The Balaban J connectivity index is 1.40. The molecular formula is C20H26N6O3. The molecule has 1 atom stereocenters. The van der Waals surface area contributed by atoms with Gasteiger partial charge < -0.3 is 14.5 Å². The molecule has 0 N–H and O–H groups in total. The van der Waals surface area contributed by atoms with Crippen LogP contribution in [0.4, 0.5) is 5.69 Å². The average molecular weight is 398 g/mol. The number of piperazine rings is 1. The predicted molar refractivity (Wildman–Crippen MR) is 107 cm³/mol. The lowest BCUT2D eigenvalue weighted by molar-refractivity contribution is -0.126. The van der Waals surface area contributed by atoms with Crippen molar-refractivity contribution in [3.63, 3.8) is 0 Å². The number of rotatable bonds is 4. The van der Waals surface area contributed by atoms with E-state index in [2.05, 4.69) is 15.0 Å². The number of pyridine rings is 1. The fourth-order valence-electron chi connectivity index (χ4n) is 4.12. The topological polar surface area (TPSA) is 83.8 Å². The van der Waals surface area contributed by atoms with Gasteiger partial charge in [0.2, 0.25) is 11.8 Å². The van der Waals surface area contributed by atoms with E-state index in [4.69, 9.17) is 4.74 Å². The Labute approximate surface area is 169 Å². The van der Waals surface area contributed by atoms with Gasteiger partial charge in [-0.25, -0.2) is 4.98 Å². The third-order valence-corrected chi connectivity index (χ3v) is 5.65. The number of nitrogens with zero attached hydrogens (tertiary/aromatic N) is 6. The van der Waals surface area contributed by atoms with Gasteiger partial charge in [-0.05, 0) is 25.0 Å². The summed E-state index contributed by atoms with van der Waals surface area (Å²) in [5.41, 5.74) is 1.32. The maximum Gasteiger partial charge on any atom is 0.259 e. The van der Waals surface area contributed by atoms with Crippen LogP contribution in [0.5, 0.6) is 5.88 Å². The van der Waals surface area contributed by atoms with Gasteiger partial charge in [-0.1, -0.05) is 0 Å². The standard InChI is InChI=1S/C20H26N6O3/c1-23-14-15(13-22-23)26-8-4-6-17(20(26)28)24-9-11-25(12-10-24)19(27)16-5-3-7-21-18(16)29-2/h3,5,7,13-14,17H,4,6,8-12H2,1-2H3/t17-/m0/s1. The van der Waals surface area contributed by atoms with E-state index in [9.17, 15) is 9.59 Å². The van der Waals surface area contributed by atoms with Crippen LogP contribution in [0.1, 0.15) is 23.2 Å². The zero-order valence-corrected chi connectivity index (χ0v) is 16.8. The predicted octanol–water partition coefficient (Wildman–Crippen LogP) is 0.777. The van der Waals surface area contributed by atoms with Crippen molar-refractivity contribution in [2.75, 3.05) is 44.7 Å². The minimum Gasteiger partial charge on any atom is -0.480 e. The summed E-state index contributed by atoms with van der Waals surface area (Å²) in [6, 6.07) is 3.32. The average Bonchev–Trinajstić information content (AvgIpc) is 3.19. The zero-order valence-electron chi connectivity index (χ0n) is 16.8. The van der Waals surface area contributed by atoms with Crippen LogP contribution in [0.25, 0.3) is 0 Å². The number of aryl methyl sites for hydroxylation is 1. The Morgan fingerprint density at radius 3 is 2.69 bits per heavy atom. The molecule has 0 saturated carbocycles. The minimum atomic E-state index is -0.144. The molecule has 9 heteroatoms. The SMILES string of the molecule is COc1ncccc1C(=O)N1CCN([C@H]2CCCN(c3cnn(C)c3)C2=O)CC1. The lowest BCUT2D eigenvalue weighted by atomic mass is 10.0. The van der Waals surface area contributed by atoms with Crippen molar-refractivity contribution < 1.29 is 14.3 Å². The first-order valence-electron chi connectivity index (χ1n) is 9.91. The first kappa shape index (κ1) is 19.4. The van der Waals surface area contributed by atoms with Crippen molar-refractivity contribution in [3.05, 3.63) is 36.3 Å². The molecular weight excluding hydrogens is 372 g/mol. The van der Waals surface area contributed by atoms with Crippen molar-refractivity contribution in [2.24, 2.45) is 7.05 Å². The van der Waals surface area contributed by atoms with Crippen LogP contribution in [-0.4, -0.2) is 82.3 Å². The maximum atomic E-state index is 13.1. The molecule has 2 aliphatic heterocycles.